The Morgan fingerprint density at radius 1 is 1.07 bits per heavy atom. The summed E-state index contributed by atoms with van der Waals surface area (Å²) in [5, 5.41) is 13.6. The van der Waals surface area contributed by atoms with E-state index in [4.69, 9.17) is 5.41 Å². The summed E-state index contributed by atoms with van der Waals surface area (Å²) in [5.74, 6) is -3.52. The van der Waals surface area contributed by atoms with Gasteiger partial charge in [-0.25, -0.2) is 39.3 Å². The number of amides is 1. The first-order valence-corrected chi connectivity index (χ1v) is 15.3. The molecule has 11 nitrogen and oxygen atoms in total. The predicted molar refractivity (Wildman–Crippen MR) is 146 cm³/mol. The summed E-state index contributed by atoms with van der Waals surface area (Å²) in [4.78, 5) is 16.1. The van der Waals surface area contributed by atoms with Crippen molar-refractivity contribution in [1.82, 2.24) is 18.9 Å². The molecule has 2 aliphatic heterocycles. The smallest absolute Gasteiger partial charge is 0.274 e. The van der Waals surface area contributed by atoms with Gasteiger partial charge >= 0.3 is 0 Å². The van der Waals surface area contributed by atoms with Gasteiger partial charge in [-0.05, 0) is 67.9 Å². The van der Waals surface area contributed by atoms with E-state index in [0.29, 0.717) is 4.31 Å². The zero-order valence-electron chi connectivity index (χ0n) is 22.2. The lowest BCUT2D eigenvalue weighted by Gasteiger charge is -2.52. The molecule has 0 saturated carbocycles. The van der Waals surface area contributed by atoms with Crippen molar-refractivity contribution >= 4 is 37.6 Å². The second kappa shape index (κ2) is 10.1. The number of rotatable bonds is 5. The fraction of sp³-hybridized carbons (Fsp3) is 0.269. The minimum Gasteiger partial charge on any atom is -0.345 e. The second-order valence-electron chi connectivity index (χ2n) is 10.1. The predicted octanol–water partition coefficient (Wildman–Crippen LogP) is 2.60. The van der Waals surface area contributed by atoms with Crippen LogP contribution in [0.25, 0.3) is 0 Å². The van der Waals surface area contributed by atoms with Crippen molar-refractivity contribution in [1.29, 1.82) is 5.41 Å². The van der Waals surface area contributed by atoms with Crippen LogP contribution in [0.1, 0.15) is 29.4 Å². The van der Waals surface area contributed by atoms with Crippen LogP contribution in [0.3, 0.4) is 0 Å². The zero-order chi connectivity index (χ0) is 30.7. The lowest BCUT2D eigenvalue weighted by molar-refractivity contribution is 0.102. The topological polar surface area (TPSA) is 153 Å². The van der Waals surface area contributed by atoms with Gasteiger partial charge in [-0.15, -0.1) is 0 Å². The number of hydrogen-bond acceptors (Lipinski definition) is 7. The fourth-order valence-electron chi connectivity index (χ4n) is 5.40. The molecule has 2 aliphatic rings. The van der Waals surface area contributed by atoms with Crippen LogP contribution in [0.4, 0.5) is 18.9 Å². The van der Waals surface area contributed by atoms with E-state index in [1.807, 2.05) is 0 Å². The highest BCUT2D eigenvalue weighted by atomic mass is 32.2. The molecule has 0 radical (unpaired) electrons. The quantitative estimate of drug-likeness (QED) is 0.396. The van der Waals surface area contributed by atoms with E-state index in [2.05, 4.69) is 15.6 Å². The zero-order valence-corrected chi connectivity index (χ0v) is 23.9. The van der Waals surface area contributed by atoms with Crippen LogP contribution in [-0.2, 0) is 25.6 Å². The number of carbonyl (C=O) groups is 1. The van der Waals surface area contributed by atoms with Crippen molar-refractivity contribution in [2.75, 3.05) is 25.5 Å². The van der Waals surface area contributed by atoms with Crippen molar-refractivity contribution in [3.05, 3.63) is 89.5 Å². The third-order valence-corrected chi connectivity index (χ3v) is 12.3. The van der Waals surface area contributed by atoms with Crippen LogP contribution in [0.15, 0.2) is 65.7 Å². The largest absolute Gasteiger partial charge is 0.345 e. The highest BCUT2D eigenvalue weighted by Gasteiger charge is 2.67. The Labute approximate surface area is 240 Å². The summed E-state index contributed by atoms with van der Waals surface area (Å²) in [5.41, 5.74) is -2.27. The number of nitrogens with one attached hydrogen (secondary N) is 3. The third-order valence-electron chi connectivity index (χ3n) is 7.82. The number of nitrogens with zero attached hydrogens (tertiary/aromatic N) is 3. The van der Waals surface area contributed by atoms with Crippen LogP contribution < -0.4 is 10.6 Å². The Morgan fingerprint density at radius 3 is 2.38 bits per heavy atom. The molecule has 3 aromatic rings. The van der Waals surface area contributed by atoms with Gasteiger partial charge in [-0.1, -0.05) is 0 Å². The molecular formula is C26H25F3N6O5S2. The Kier molecular flexibility index (Phi) is 7.06. The van der Waals surface area contributed by atoms with Gasteiger partial charge in [0, 0.05) is 31.4 Å². The molecule has 1 aromatic heterocycles. The number of sulfonamides is 2. The highest BCUT2D eigenvalue weighted by Crippen LogP contribution is 2.50. The molecule has 42 heavy (non-hydrogen) atoms. The van der Waals surface area contributed by atoms with Gasteiger partial charge in [0.25, 0.3) is 5.91 Å². The molecule has 3 N–H and O–H groups in total. The number of anilines is 1. The molecule has 0 aliphatic carbocycles. The molecule has 0 bridgehead atoms. The molecule has 2 atom stereocenters. The van der Waals surface area contributed by atoms with E-state index < -0.39 is 66.2 Å². The minimum absolute atomic E-state index is 0.0392. The van der Waals surface area contributed by atoms with Gasteiger partial charge in [0.2, 0.25) is 26.0 Å². The van der Waals surface area contributed by atoms with Gasteiger partial charge in [-0.3, -0.25) is 10.2 Å². The van der Waals surface area contributed by atoms with E-state index in [9.17, 15) is 30.4 Å². The number of pyridine rings is 1. The van der Waals surface area contributed by atoms with Gasteiger partial charge in [0.1, 0.15) is 27.9 Å². The number of carbonyl (C=O) groups excluding carboxylic acids is 1. The number of guanidine groups is 1. The standard InChI is InChI=1S/C26H25F3N6O5S2/c1-25(20-13-18(6-9-21(20)29)32-23(36)22-10-5-17(28)14-31-22)26(42(39,40)34(2)24(30)33-25)11-12-35(15-26)41(37,38)19-7-3-16(27)4-8-19/h3-10,13-14H,11-12,15H2,1-2H3,(H2,30,33)(H,32,36)/t25-,26+/m1/s1. The van der Waals surface area contributed by atoms with Crippen LogP contribution in [0.2, 0.25) is 0 Å². The molecule has 2 fully saturated rings. The number of benzene rings is 2. The van der Waals surface area contributed by atoms with Crippen molar-refractivity contribution in [2.24, 2.45) is 0 Å². The first kappa shape index (κ1) is 29.5. The lowest BCUT2D eigenvalue weighted by atomic mass is 9.77. The van der Waals surface area contributed by atoms with Crippen molar-refractivity contribution in [3.8, 4) is 0 Å². The molecule has 3 heterocycles. The fourth-order valence-corrected chi connectivity index (χ4v) is 9.14. The van der Waals surface area contributed by atoms with E-state index in [-0.39, 0.29) is 34.8 Å². The molecule has 2 aromatic carbocycles. The summed E-state index contributed by atoms with van der Waals surface area (Å²) in [6.07, 6.45) is 0.562. The maximum Gasteiger partial charge on any atom is 0.274 e. The second-order valence-corrected chi connectivity index (χ2v) is 14.3. The third kappa shape index (κ3) is 4.49. The first-order chi connectivity index (χ1) is 19.6. The molecule has 5 rings (SSSR count). The summed E-state index contributed by atoms with van der Waals surface area (Å²) < 4.78 is 96.8. The SMILES string of the molecule is CN1C(=N)N[C@](C)(c2cc(NC(=O)c3ccc(F)cn3)ccc2F)[C@@]2(CCN(S(=O)(=O)c3ccc(F)cc3)C2)S1(=O)=O. The van der Waals surface area contributed by atoms with Gasteiger partial charge in [0.15, 0.2) is 0 Å². The normalized spacial score (nSPS) is 24.0. The van der Waals surface area contributed by atoms with E-state index in [0.717, 1.165) is 60.0 Å². The maximum atomic E-state index is 15.6. The van der Waals surface area contributed by atoms with Crippen LogP contribution in [-0.4, -0.2) is 67.2 Å². The molecule has 16 heteroatoms. The number of halogens is 3. The van der Waals surface area contributed by atoms with E-state index >= 15 is 4.39 Å². The van der Waals surface area contributed by atoms with Crippen molar-refractivity contribution in [2.45, 2.75) is 28.5 Å². The molecular weight excluding hydrogens is 597 g/mol. The Hall–Kier alpha value is -4.02. The number of aromatic nitrogens is 1. The Bertz CT molecular complexity index is 1810. The molecule has 222 valence electrons. The minimum atomic E-state index is -4.51. The summed E-state index contributed by atoms with van der Waals surface area (Å²) in [6, 6.07) is 9.65. The Balaban J connectivity index is 1.59. The monoisotopic (exact) mass is 622 g/mol. The van der Waals surface area contributed by atoms with E-state index in [1.54, 1.807) is 0 Å². The molecule has 0 unspecified atom stereocenters. The van der Waals surface area contributed by atoms with Crippen molar-refractivity contribution in [3.63, 3.8) is 0 Å². The van der Waals surface area contributed by atoms with E-state index in [1.165, 1.54) is 19.1 Å². The average Bonchev–Trinajstić information content (AvgIpc) is 3.42. The van der Waals surface area contributed by atoms with Gasteiger partial charge in [0.05, 0.1) is 16.6 Å². The average molecular weight is 623 g/mol. The Morgan fingerprint density at radius 2 is 1.74 bits per heavy atom. The highest BCUT2D eigenvalue weighted by molar-refractivity contribution is 7.91. The van der Waals surface area contributed by atoms with Crippen molar-refractivity contribution < 1.29 is 34.8 Å². The van der Waals surface area contributed by atoms with Gasteiger partial charge < -0.3 is 10.6 Å². The summed E-state index contributed by atoms with van der Waals surface area (Å²) >= 11 is 0. The summed E-state index contributed by atoms with van der Waals surface area (Å²) in [7, 11) is -7.67. The van der Waals surface area contributed by atoms with Crippen LogP contribution in [0, 0.1) is 22.9 Å². The lowest BCUT2D eigenvalue weighted by Crippen LogP contribution is -2.74. The maximum absolute atomic E-state index is 15.6. The summed E-state index contributed by atoms with van der Waals surface area (Å²) in [6.45, 7) is 0.461. The number of hydrogen-bond donors (Lipinski definition) is 3. The van der Waals surface area contributed by atoms with Crippen LogP contribution >= 0.6 is 0 Å². The molecule has 2 saturated heterocycles. The van der Waals surface area contributed by atoms with Gasteiger partial charge in [-0.2, -0.15) is 4.31 Å². The van der Waals surface area contributed by atoms with Crippen LogP contribution in [0.5, 0.6) is 0 Å². The molecule has 1 spiro atoms. The first-order valence-electron chi connectivity index (χ1n) is 12.5. The molecule has 1 amide bonds.